The van der Waals surface area contributed by atoms with Gasteiger partial charge in [-0.3, -0.25) is 4.79 Å². The number of carbonyl (C=O) groups excluding carboxylic acids is 1. The highest BCUT2D eigenvalue weighted by Gasteiger charge is 2.44. The van der Waals surface area contributed by atoms with Crippen molar-refractivity contribution in [2.45, 2.75) is 24.8 Å². The van der Waals surface area contributed by atoms with Gasteiger partial charge in [0.25, 0.3) is 6.29 Å². The van der Waals surface area contributed by atoms with Crippen LogP contribution in [0.15, 0.2) is 48.5 Å². The Bertz CT molecular complexity index is 1030. The summed E-state index contributed by atoms with van der Waals surface area (Å²) < 4.78 is 47.2. The zero-order valence-electron chi connectivity index (χ0n) is 18.5. The molecule has 1 fully saturated rings. The highest BCUT2D eigenvalue weighted by molar-refractivity contribution is 6.00. The first-order valence-corrected chi connectivity index (χ1v) is 10.3. The van der Waals surface area contributed by atoms with Crippen LogP contribution in [0, 0.1) is 5.92 Å². The largest absolute Gasteiger partial charge is 0.492 e. The number of ketones is 1. The van der Waals surface area contributed by atoms with Gasteiger partial charge in [0, 0.05) is 25.1 Å². The van der Waals surface area contributed by atoms with Gasteiger partial charge in [0.05, 0.1) is 0 Å². The number of methoxy groups -OCH3 is 1. The number of carboxylic acid groups (broad SMARTS) is 2. The normalized spacial score (nSPS) is 17.4. The van der Waals surface area contributed by atoms with Gasteiger partial charge in [-0.1, -0.05) is 24.3 Å². The number of aliphatic carboxylic acids is 2. The fourth-order valence-electron chi connectivity index (χ4n) is 3.10. The number of nitrogens with two attached hydrogens (primary N) is 1. The van der Waals surface area contributed by atoms with E-state index in [9.17, 15) is 22.8 Å². The third kappa shape index (κ3) is 8.26. The minimum absolute atomic E-state index is 0.0673. The van der Waals surface area contributed by atoms with E-state index >= 15 is 0 Å². The summed E-state index contributed by atoms with van der Waals surface area (Å²) in [5.41, 5.74) is 7.09. The summed E-state index contributed by atoms with van der Waals surface area (Å²) in [6.45, 7) is 0.824. The minimum Gasteiger partial charge on any atom is -0.492 e. The molecular formula is C23H24F3NO8. The molecule has 1 aliphatic carbocycles. The summed E-state index contributed by atoms with van der Waals surface area (Å²) in [4.78, 5) is 32.6. The minimum atomic E-state index is -5.08. The first-order chi connectivity index (χ1) is 16.5. The van der Waals surface area contributed by atoms with Crippen molar-refractivity contribution in [2.24, 2.45) is 11.7 Å². The van der Waals surface area contributed by atoms with E-state index in [4.69, 9.17) is 35.0 Å². The summed E-state index contributed by atoms with van der Waals surface area (Å²) >= 11 is 0. The van der Waals surface area contributed by atoms with Crippen LogP contribution in [0.2, 0.25) is 0 Å². The second kappa shape index (κ2) is 12.2. The van der Waals surface area contributed by atoms with Crippen molar-refractivity contribution >= 4 is 17.7 Å². The molecule has 0 heterocycles. The Balaban J connectivity index is 0.000000540. The van der Waals surface area contributed by atoms with Crippen LogP contribution in [0.25, 0.3) is 0 Å². The number of halogens is 3. The van der Waals surface area contributed by atoms with Crippen LogP contribution in [0.1, 0.15) is 28.3 Å². The molecule has 0 radical (unpaired) electrons. The number of ether oxygens (including phenoxy) is 3. The summed E-state index contributed by atoms with van der Waals surface area (Å²) in [6, 6.07) is 14.2. The zero-order chi connectivity index (χ0) is 26.2. The molecule has 2 aromatic carbocycles. The molecule has 0 aromatic heterocycles. The lowest BCUT2D eigenvalue weighted by Gasteiger charge is -2.13. The average Bonchev–Trinajstić information content (AvgIpc) is 3.62. The fraction of sp³-hybridized carbons (Fsp3) is 0.348. The molecular weight excluding hydrogens is 475 g/mol. The van der Waals surface area contributed by atoms with Crippen LogP contribution in [0.3, 0.4) is 0 Å². The van der Waals surface area contributed by atoms with Crippen molar-refractivity contribution < 1.29 is 52.0 Å². The average molecular weight is 499 g/mol. The number of rotatable bonds is 10. The van der Waals surface area contributed by atoms with Crippen molar-refractivity contribution in [3.63, 3.8) is 0 Å². The van der Waals surface area contributed by atoms with Crippen LogP contribution in [0.4, 0.5) is 13.2 Å². The second-order valence-electron chi connectivity index (χ2n) is 7.37. The van der Waals surface area contributed by atoms with E-state index in [2.05, 4.69) is 0 Å². The van der Waals surface area contributed by atoms with Gasteiger partial charge < -0.3 is 30.2 Å². The Morgan fingerprint density at radius 2 is 1.71 bits per heavy atom. The molecule has 35 heavy (non-hydrogen) atoms. The Hall–Kier alpha value is -3.64. The SMILES string of the molecule is COC(Oc1ccc(C2CC2C(=O)c2cccc(OCCN)c2)cc1)C(=O)O.O=C(O)C(F)(F)F. The molecule has 9 nitrogen and oxygen atoms in total. The lowest BCUT2D eigenvalue weighted by atomic mass is 10.0. The molecule has 190 valence electrons. The van der Waals surface area contributed by atoms with Gasteiger partial charge in [-0.15, -0.1) is 0 Å². The molecule has 12 heteroatoms. The van der Waals surface area contributed by atoms with Crippen LogP contribution in [-0.4, -0.2) is 60.7 Å². The van der Waals surface area contributed by atoms with Crippen molar-refractivity contribution in [1.82, 2.24) is 0 Å². The summed E-state index contributed by atoms with van der Waals surface area (Å²) in [5.74, 6) is -2.75. The monoisotopic (exact) mass is 499 g/mol. The molecule has 2 aromatic rings. The summed E-state index contributed by atoms with van der Waals surface area (Å²) in [7, 11) is 1.27. The topological polar surface area (TPSA) is 145 Å². The number of carbonyl (C=O) groups is 3. The highest BCUT2D eigenvalue weighted by atomic mass is 19.4. The quantitative estimate of drug-likeness (QED) is 0.332. The van der Waals surface area contributed by atoms with E-state index < -0.39 is 24.4 Å². The van der Waals surface area contributed by atoms with Gasteiger partial charge in [-0.2, -0.15) is 13.2 Å². The number of hydrogen-bond donors (Lipinski definition) is 3. The molecule has 0 saturated heterocycles. The van der Waals surface area contributed by atoms with Crippen LogP contribution in [0.5, 0.6) is 11.5 Å². The van der Waals surface area contributed by atoms with E-state index in [1.807, 2.05) is 12.1 Å². The molecule has 0 bridgehead atoms. The molecule has 3 unspecified atom stereocenters. The van der Waals surface area contributed by atoms with E-state index in [0.29, 0.717) is 30.2 Å². The van der Waals surface area contributed by atoms with Crippen LogP contribution < -0.4 is 15.2 Å². The standard InChI is InChI=1S/C21H23NO6.C2HF3O2/c1-26-21(20(24)25)28-15-7-5-13(6-8-15)17-12-18(17)19(23)14-3-2-4-16(11-14)27-10-9-22;3-2(4,5)1(6)7/h2-8,11,17-18,21H,9-10,12,22H2,1H3,(H,24,25);(H,6,7). The van der Waals surface area contributed by atoms with Crippen molar-refractivity contribution in [3.05, 3.63) is 59.7 Å². The molecule has 3 rings (SSSR count). The Morgan fingerprint density at radius 3 is 2.23 bits per heavy atom. The fourth-order valence-corrected chi connectivity index (χ4v) is 3.10. The maximum absolute atomic E-state index is 12.8. The number of Topliss-reactive ketones (excluding diaryl/α,β-unsaturated/α-hetero) is 1. The molecule has 0 spiro atoms. The van der Waals surface area contributed by atoms with Crippen molar-refractivity contribution in [3.8, 4) is 11.5 Å². The van der Waals surface area contributed by atoms with E-state index in [1.54, 1.807) is 36.4 Å². The molecule has 0 amide bonds. The number of hydrogen-bond acceptors (Lipinski definition) is 7. The van der Waals surface area contributed by atoms with Gasteiger partial charge in [-0.25, -0.2) is 9.59 Å². The van der Waals surface area contributed by atoms with E-state index in [0.717, 1.165) is 12.0 Å². The first-order valence-electron chi connectivity index (χ1n) is 10.3. The van der Waals surface area contributed by atoms with Gasteiger partial charge in [0.1, 0.15) is 18.1 Å². The molecule has 3 atom stereocenters. The molecule has 4 N–H and O–H groups in total. The van der Waals surface area contributed by atoms with Gasteiger partial charge in [0.2, 0.25) is 0 Å². The van der Waals surface area contributed by atoms with Gasteiger partial charge >= 0.3 is 18.1 Å². The van der Waals surface area contributed by atoms with Crippen molar-refractivity contribution in [1.29, 1.82) is 0 Å². The Morgan fingerprint density at radius 1 is 1.09 bits per heavy atom. The van der Waals surface area contributed by atoms with Crippen LogP contribution >= 0.6 is 0 Å². The van der Waals surface area contributed by atoms with Gasteiger partial charge in [-0.05, 0) is 42.2 Å². The van der Waals surface area contributed by atoms with E-state index in [1.165, 1.54) is 7.11 Å². The number of alkyl halides is 3. The number of carboxylic acids is 2. The predicted octanol–water partition coefficient (Wildman–Crippen LogP) is 3.08. The Labute approximate surface area is 198 Å². The smallest absolute Gasteiger partial charge is 0.490 e. The predicted molar refractivity (Wildman–Crippen MR) is 115 cm³/mol. The lowest BCUT2D eigenvalue weighted by Crippen LogP contribution is -2.28. The lowest BCUT2D eigenvalue weighted by molar-refractivity contribution is -0.192. The zero-order valence-corrected chi connectivity index (χ0v) is 18.5. The van der Waals surface area contributed by atoms with Gasteiger partial charge in [0.15, 0.2) is 5.78 Å². The first kappa shape index (κ1) is 27.6. The summed E-state index contributed by atoms with van der Waals surface area (Å²) in [5, 5.41) is 16.1. The highest BCUT2D eigenvalue weighted by Crippen LogP contribution is 2.49. The third-order valence-corrected chi connectivity index (χ3v) is 4.84. The summed E-state index contributed by atoms with van der Waals surface area (Å²) in [6.07, 6.45) is -5.65. The molecule has 1 aliphatic rings. The van der Waals surface area contributed by atoms with Crippen LogP contribution in [-0.2, 0) is 14.3 Å². The third-order valence-electron chi connectivity index (χ3n) is 4.84. The molecule has 0 aliphatic heterocycles. The number of benzene rings is 2. The van der Waals surface area contributed by atoms with Crippen molar-refractivity contribution in [2.75, 3.05) is 20.3 Å². The second-order valence-corrected chi connectivity index (χ2v) is 7.37. The maximum Gasteiger partial charge on any atom is 0.490 e. The maximum atomic E-state index is 12.8. The van der Waals surface area contributed by atoms with E-state index in [-0.39, 0.29) is 17.6 Å². The Kier molecular flexibility index (Phi) is 9.60. The molecule has 1 saturated carbocycles.